The largest absolute Gasteiger partial charge is 0.335 e. The number of urea groups is 1. The number of Topliss-reactive ketones (excluding diaryl/α,β-unsaturated/α-hetero) is 1. The zero-order valence-corrected chi connectivity index (χ0v) is 20.2. The SMILES string of the molecule is CC(=O)CN1C(=O)C2C(N=CN2[C@@H](C)C(=O)Nc2cncc(-c3cnc(C)c(Cl)c3)n2)N(C)C1=O. The van der Waals surface area contributed by atoms with Crippen molar-refractivity contribution in [2.24, 2.45) is 4.99 Å². The average Bonchev–Trinajstić information content (AvgIpc) is 3.27. The molecule has 0 saturated carbocycles. The number of likely N-dealkylation sites (N-methyl/N-ethyl adjacent to an activating group) is 1. The molecule has 4 rings (SSSR count). The molecule has 2 aliphatic rings. The summed E-state index contributed by atoms with van der Waals surface area (Å²) in [5.41, 5.74) is 1.78. The van der Waals surface area contributed by atoms with Gasteiger partial charge in [0.25, 0.3) is 5.91 Å². The van der Waals surface area contributed by atoms with E-state index in [4.69, 9.17) is 11.6 Å². The molecule has 0 radical (unpaired) electrons. The maximum atomic E-state index is 13.1. The monoisotopic (exact) mass is 498 g/mol. The van der Waals surface area contributed by atoms with Crippen molar-refractivity contribution in [2.45, 2.75) is 39.0 Å². The van der Waals surface area contributed by atoms with Crippen LogP contribution in [0.5, 0.6) is 0 Å². The van der Waals surface area contributed by atoms with Crippen LogP contribution in [0.3, 0.4) is 0 Å². The molecule has 1 fully saturated rings. The van der Waals surface area contributed by atoms with E-state index in [0.717, 1.165) is 4.90 Å². The third kappa shape index (κ3) is 4.56. The van der Waals surface area contributed by atoms with E-state index in [-0.39, 0.29) is 18.1 Å². The van der Waals surface area contributed by atoms with Crippen LogP contribution < -0.4 is 5.32 Å². The van der Waals surface area contributed by atoms with Gasteiger partial charge in [0.15, 0.2) is 18.0 Å². The summed E-state index contributed by atoms with van der Waals surface area (Å²) in [7, 11) is 1.50. The molecule has 0 bridgehead atoms. The first-order valence-electron chi connectivity index (χ1n) is 10.7. The number of pyridine rings is 1. The van der Waals surface area contributed by atoms with Crippen molar-refractivity contribution >= 4 is 47.4 Å². The van der Waals surface area contributed by atoms with Crippen LogP contribution in [0.4, 0.5) is 10.6 Å². The number of ketones is 1. The Kier molecular flexibility index (Phi) is 6.48. The summed E-state index contributed by atoms with van der Waals surface area (Å²) in [6.07, 6.45) is 5.11. The highest BCUT2D eigenvalue weighted by Gasteiger charge is 2.51. The number of aromatic nitrogens is 3. The second kappa shape index (κ2) is 9.37. The molecule has 1 saturated heterocycles. The van der Waals surface area contributed by atoms with Crippen molar-refractivity contribution < 1.29 is 19.2 Å². The Balaban J connectivity index is 1.52. The van der Waals surface area contributed by atoms with Crippen LogP contribution in [-0.2, 0) is 14.4 Å². The van der Waals surface area contributed by atoms with Gasteiger partial charge in [0.2, 0.25) is 5.91 Å². The van der Waals surface area contributed by atoms with Gasteiger partial charge < -0.3 is 15.1 Å². The zero-order chi connectivity index (χ0) is 25.4. The minimum absolute atomic E-state index is 0.198. The zero-order valence-electron chi connectivity index (χ0n) is 19.5. The number of amides is 4. The Morgan fingerprint density at radius 1 is 1.23 bits per heavy atom. The first-order valence-corrected chi connectivity index (χ1v) is 11.1. The van der Waals surface area contributed by atoms with Gasteiger partial charge in [0.05, 0.1) is 41.7 Å². The standard InChI is InChI=1S/C22H23ClN8O4/c1-11(32)9-30-21(34)18-19(29(4)22(30)35)26-10-31(18)13(3)20(33)28-17-8-24-7-16(27-17)14-5-15(23)12(2)25-6-14/h5-8,10,13,18-19H,9H2,1-4H3,(H,27,28,33)/t13-,18?,19?/m0/s1. The van der Waals surface area contributed by atoms with Gasteiger partial charge in [-0.25, -0.2) is 14.8 Å². The number of aryl methyl sites for hydroxylation is 1. The van der Waals surface area contributed by atoms with Crippen LogP contribution in [0.2, 0.25) is 5.02 Å². The lowest BCUT2D eigenvalue weighted by molar-refractivity contribution is -0.141. The van der Waals surface area contributed by atoms with E-state index < -0.39 is 36.1 Å². The van der Waals surface area contributed by atoms with Gasteiger partial charge in [-0.2, -0.15) is 0 Å². The van der Waals surface area contributed by atoms with E-state index in [1.165, 1.54) is 42.5 Å². The summed E-state index contributed by atoms with van der Waals surface area (Å²) in [6.45, 7) is 4.33. The van der Waals surface area contributed by atoms with Gasteiger partial charge in [-0.15, -0.1) is 0 Å². The van der Waals surface area contributed by atoms with Crippen molar-refractivity contribution in [3.63, 3.8) is 0 Å². The van der Waals surface area contributed by atoms with Crippen LogP contribution in [0.1, 0.15) is 19.5 Å². The quantitative estimate of drug-likeness (QED) is 0.629. The lowest BCUT2D eigenvalue weighted by atomic mass is 10.1. The summed E-state index contributed by atoms with van der Waals surface area (Å²) in [4.78, 5) is 70.9. The van der Waals surface area contributed by atoms with E-state index in [1.54, 1.807) is 26.1 Å². The van der Waals surface area contributed by atoms with E-state index in [1.807, 2.05) is 0 Å². The van der Waals surface area contributed by atoms with Crippen LogP contribution in [0, 0.1) is 6.92 Å². The number of nitrogens with one attached hydrogen (secondary N) is 1. The topological polar surface area (TPSA) is 141 Å². The molecule has 0 spiro atoms. The molecule has 1 N–H and O–H groups in total. The predicted molar refractivity (Wildman–Crippen MR) is 127 cm³/mol. The molecule has 182 valence electrons. The highest BCUT2D eigenvalue weighted by molar-refractivity contribution is 6.31. The number of carbonyl (C=O) groups is 4. The summed E-state index contributed by atoms with van der Waals surface area (Å²) in [6, 6.07) is -0.682. The summed E-state index contributed by atoms with van der Waals surface area (Å²) in [5, 5.41) is 3.18. The second-order valence-electron chi connectivity index (χ2n) is 8.34. The van der Waals surface area contributed by atoms with Crippen LogP contribution in [-0.4, -0.2) is 91.5 Å². The van der Waals surface area contributed by atoms with Gasteiger partial charge in [-0.1, -0.05) is 11.6 Å². The molecular weight excluding hydrogens is 476 g/mol. The summed E-state index contributed by atoms with van der Waals surface area (Å²) < 4.78 is 0. The normalized spacial score (nSPS) is 20.2. The van der Waals surface area contributed by atoms with E-state index >= 15 is 0 Å². The Bertz CT molecular complexity index is 1250. The third-order valence-electron chi connectivity index (χ3n) is 5.82. The molecular formula is C22H23ClN8O4. The third-order valence-corrected chi connectivity index (χ3v) is 6.20. The Morgan fingerprint density at radius 2 is 1.97 bits per heavy atom. The number of carbonyl (C=O) groups excluding carboxylic acids is 4. The number of anilines is 1. The minimum atomic E-state index is -0.934. The maximum Gasteiger partial charge on any atom is 0.328 e. The van der Waals surface area contributed by atoms with Gasteiger partial charge in [-0.3, -0.25) is 29.3 Å². The summed E-state index contributed by atoms with van der Waals surface area (Å²) in [5.74, 6) is -1.19. The Hall–Kier alpha value is -3.93. The van der Waals surface area contributed by atoms with Crippen LogP contribution in [0.15, 0.2) is 29.6 Å². The average molecular weight is 499 g/mol. The number of halogens is 1. The molecule has 2 aliphatic heterocycles. The molecule has 4 heterocycles. The van der Waals surface area contributed by atoms with Crippen molar-refractivity contribution in [3.05, 3.63) is 35.4 Å². The molecule has 13 heteroatoms. The molecule has 0 aliphatic carbocycles. The number of imide groups is 1. The van der Waals surface area contributed by atoms with Crippen molar-refractivity contribution in [3.8, 4) is 11.3 Å². The Morgan fingerprint density at radius 3 is 2.66 bits per heavy atom. The molecule has 3 atom stereocenters. The first kappa shape index (κ1) is 24.2. The molecule has 2 unspecified atom stereocenters. The molecule has 2 aromatic rings. The van der Waals surface area contributed by atoms with E-state index in [0.29, 0.717) is 22.0 Å². The minimum Gasteiger partial charge on any atom is -0.335 e. The number of nitrogens with zero attached hydrogens (tertiary/aromatic N) is 7. The number of rotatable bonds is 6. The van der Waals surface area contributed by atoms with Crippen LogP contribution in [0.25, 0.3) is 11.3 Å². The number of hydrogen-bond donors (Lipinski definition) is 1. The van der Waals surface area contributed by atoms with Crippen LogP contribution >= 0.6 is 11.6 Å². The van der Waals surface area contributed by atoms with Gasteiger partial charge in [0, 0.05) is 18.8 Å². The van der Waals surface area contributed by atoms with Crippen molar-refractivity contribution in [2.75, 3.05) is 18.9 Å². The van der Waals surface area contributed by atoms with E-state index in [2.05, 4.69) is 25.3 Å². The van der Waals surface area contributed by atoms with Crippen molar-refractivity contribution in [1.29, 1.82) is 0 Å². The predicted octanol–water partition coefficient (Wildman–Crippen LogP) is 1.35. The van der Waals surface area contributed by atoms with Gasteiger partial charge in [-0.05, 0) is 26.8 Å². The van der Waals surface area contributed by atoms with E-state index in [9.17, 15) is 19.2 Å². The van der Waals surface area contributed by atoms with Crippen molar-refractivity contribution in [1.82, 2.24) is 29.7 Å². The lowest BCUT2D eigenvalue weighted by Crippen LogP contribution is -2.66. The molecule has 2 aromatic heterocycles. The second-order valence-corrected chi connectivity index (χ2v) is 8.74. The number of aliphatic imine (C=N–C) groups is 1. The molecule has 0 aromatic carbocycles. The first-order chi connectivity index (χ1) is 16.6. The highest BCUT2D eigenvalue weighted by Crippen LogP contribution is 2.27. The maximum absolute atomic E-state index is 13.1. The Labute approximate surface area is 206 Å². The highest BCUT2D eigenvalue weighted by atomic mass is 35.5. The summed E-state index contributed by atoms with van der Waals surface area (Å²) >= 11 is 6.15. The smallest absolute Gasteiger partial charge is 0.328 e. The fourth-order valence-electron chi connectivity index (χ4n) is 3.86. The molecule has 35 heavy (non-hydrogen) atoms. The number of fused-ring (bicyclic) bond motifs is 1. The molecule has 4 amide bonds. The fraction of sp³-hybridized carbons (Fsp3) is 0.364. The number of hydrogen-bond acceptors (Lipinski definition) is 9. The molecule has 12 nitrogen and oxygen atoms in total. The van der Waals surface area contributed by atoms with Gasteiger partial charge in [0.1, 0.15) is 11.8 Å². The van der Waals surface area contributed by atoms with Gasteiger partial charge >= 0.3 is 6.03 Å². The fourth-order valence-corrected chi connectivity index (χ4v) is 4.03. The lowest BCUT2D eigenvalue weighted by Gasteiger charge is -2.41.